The molecule has 6 rings (SSSR count). The molecule has 2 N–H and O–H groups in total. The lowest BCUT2D eigenvalue weighted by Crippen LogP contribution is -2.58. The smallest absolute Gasteiger partial charge is 0.311 e. The second-order valence-corrected chi connectivity index (χ2v) is 36.5. The van der Waals surface area contributed by atoms with Crippen LogP contribution >= 0.6 is 0 Å². The van der Waals surface area contributed by atoms with Crippen molar-refractivity contribution in [2.75, 3.05) is 13.2 Å². The molecule has 596 valence electrons. The predicted molar refractivity (Wildman–Crippen MR) is 395 cm³/mol. The summed E-state index contributed by atoms with van der Waals surface area (Å²) in [6, 6.07) is 0. The number of rotatable bonds is 14. The highest BCUT2D eigenvalue weighted by Crippen LogP contribution is 2.50. The zero-order valence-electron chi connectivity index (χ0n) is 69.6. The quantitative estimate of drug-likeness (QED) is 0.121. The molecule has 0 saturated carbocycles. The van der Waals surface area contributed by atoms with E-state index in [-0.39, 0.29) is 77.4 Å². The van der Waals surface area contributed by atoms with Gasteiger partial charge in [-0.3, -0.25) is 28.8 Å². The number of hydrogen-bond donors (Lipinski definition) is 2. The number of carbonyl (C=O) groups is 6. The van der Waals surface area contributed by atoms with Crippen LogP contribution < -0.4 is 0 Å². The van der Waals surface area contributed by atoms with Crippen molar-refractivity contribution in [2.24, 2.45) is 105 Å². The van der Waals surface area contributed by atoms with E-state index in [1.807, 2.05) is 27.7 Å². The van der Waals surface area contributed by atoms with Crippen LogP contribution in [0.3, 0.4) is 0 Å². The molecule has 0 aromatic heterocycles. The molecule has 0 radical (unpaired) electrons. The van der Waals surface area contributed by atoms with E-state index in [1.165, 1.54) is 19.9 Å². The second kappa shape index (κ2) is 36.4. The number of hydrogen-bond acceptors (Lipinski definition) is 20. The summed E-state index contributed by atoms with van der Waals surface area (Å²) in [5.41, 5.74) is -4.81. The van der Waals surface area contributed by atoms with Crippen LogP contribution in [0.25, 0.3) is 0 Å². The Hall–Kier alpha value is -3.44. The van der Waals surface area contributed by atoms with Crippen LogP contribution in [0.5, 0.6) is 0 Å². The number of Topliss-reactive ketones (excluding diaryl/α,β-unsaturated/α-hetero) is 2. The van der Waals surface area contributed by atoms with Gasteiger partial charge in [0.15, 0.2) is 36.5 Å². The largest absolute Gasteiger partial charge is 0.463 e. The van der Waals surface area contributed by atoms with Crippen molar-refractivity contribution < 1.29 is 95.8 Å². The lowest BCUT2D eigenvalue weighted by Gasteiger charge is -2.49. The van der Waals surface area contributed by atoms with Gasteiger partial charge < -0.3 is 67.1 Å². The van der Waals surface area contributed by atoms with Gasteiger partial charge in [-0.2, -0.15) is 0 Å². The summed E-state index contributed by atoms with van der Waals surface area (Å²) < 4.78 is 77.0. The normalized spacial score (nSPS) is 44.4. The van der Waals surface area contributed by atoms with Gasteiger partial charge in [-0.25, -0.2) is 0 Å². The third-order valence-corrected chi connectivity index (χ3v) is 26.1. The summed E-state index contributed by atoms with van der Waals surface area (Å²) in [4.78, 5) is 80.9. The maximum atomic E-state index is 14.4. The minimum Gasteiger partial charge on any atom is -0.463 e. The van der Waals surface area contributed by atoms with Crippen molar-refractivity contribution in [3.05, 3.63) is 11.6 Å². The van der Waals surface area contributed by atoms with E-state index in [4.69, 9.17) is 56.8 Å². The maximum absolute atomic E-state index is 14.4. The molecule has 6 aliphatic heterocycles. The number of carbonyl (C=O) groups excluding carboxylic acids is 6. The number of esters is 4. The summed E-state index contributed by atoms with van der Waals surface area (Å²) in [5.74, 6) is -5.52. The lowest BCUT2D eigenvalue weighted by atomic mass is 9.67. The van der Waals surface area contributed by atoms with Gasteiger partial charge in [-0.05, 0) is 144 Å². The van der Waals surface area contributed by atoms with E-state index in [0.29, 0.717) is 54.9 Å². The van der Waals surface area contributed by atoms with Gasteiger partial charge in [0.2, 0.25) is 0 Å². The van der Waals surface area contributed by atoms with E-state index in [1.54, 1.807) is 41.5 Å². The molecule has 20 heteroatoms. The summed E-state index contributed by atoms with van der Waals surface area (Å²) in [5, 5.41) is 24.3. The molecule has 5 fully saturated rings. The summed E-state index contributed by atoms with van der Waals surface area (Å²) in [6.07, 6.45) is -0.952. The first-order valence-corrected chi connectivity index (χ1v) is 39.4. The van der Waals surface area contributed by atoms with Gasteiger partial charge in [0.1, 0.15) is 36.8 Å². The molecule has 5 saturated heterocycles. The standard InChI is InChI=1S/C42H74O10.C41H70O10/c1-17-33-42(46,21-47-32(12)43)29(9)26(6)35(44)23(3)19-41(15,16)37(52-39-25(5)22(2)18-24(4)48-39)27(7)36(28(8)38(45)50-33)51-34-20-40(13,14)30(10)31(11)49-34;1-16-32-41(45,21-46-31(11)42)19-24(4)34(43)23(3)18-40(14,15)36(51-38-26(6)22(2)17-25(5)47-38)27(7)35(28(8)37(44)49-32)50-33-20-39(12,13)29(9)30(10)48-33/h22-31,33-34,36-37,39,46H,17-21H2,1-16H3;19,22-23,25-30,32-33,35-36,38,45H,16-18,20-21H2,1-15H3/b;24-19+/t22-,23+,24+,25+,26+,27-,28+,29+,30-,31-,33+,34?,36-,37+,39?,42-;22-,23+,25+,26+,27-,28+,29-,30-,32+,33?,35-,36+,38?,41+/m00/s1. The van der Waals surface area contributed by atoms with Crippen LogP contribution in [0, 0.1) is 105 Å². The monoisotopic (exact) mass is 1460 g/mol. The Bertz CT molecular complexity index is 2830. The van der Waals surface area contributed by atoms with Crippen LogP contribution in [0.2, 0.25) is 0 Å². The van der Waals surface area contributed by atoms with Crippen molar-refractivity contribution in [1.82, 2.24) is 0 Å². The summed E-state index contributed by atoms with van der Waals surface area (Å²) >= 11 is 0. The molecule has 20 nitrogen and oxygen atoms in total. The third-order valence-electron chi connectivity index (χ3n) is 26.1. The van der Waals surface area contributed by atoms with E-state index in [9.17, 15) is 39.0 Å². The van der Waals surface area contributed by atoms with Gasteiger partial charge in [-0.15, -0.1) is 0 Å². The summed E-state index contributed by atoms with van der Waals surface area (Å²) in [7, 11) is 0. The Morgan fingerprint density at radius 2 is 0.854 bits per heavy atom. The zero-order valence-corrected chi connectivity index (χ0v) is 69.6. The fourth-order valence-electron chi connectivity index (χ4n) is 18.0. The van der Waals surface area contributed by atoms with E-state index in [2.05, 4.69) is 132 Å². The fraction of sp³-hybridized carbons (Fsp3) is 0.904. The first-order chi connectivity index (χ1) is 47.3. The SMILES string of the molecule is CC[C@H]1OC(=O)[C@H](C)[C@@H](OC2CC(C)(C)[C@@H](C)[C@H](C)O2)[C@H](C)[C@@H](OC2O[C@H](C)C[C@H](C)[C@H]2C)C(C)(C)C[C@@H](C)C(=O)/C(C)=C/[C@@]1(O)COC(C)=O.CC[C@H]1OC(=O)[C@H](C)[C@@H](OC2CC(C)(C)[C@@H](C)[C@H](C)O2)[C@H](C)[C@@H](OC2O[C@H](C)C[C@H](C)[C@H]2C)C(C)(C)C[C@@H](C)C(=O)[C@H](C)[C@@H](C)[C@@]1(O)COC(C)=O. The molecule has 103 heavy (non-hydrogen) atoms. The minimum atomic E-state index is -1.94. The van der Waals surface area contributed by atoms with Gasteiger partial charge in [0.05, 0.1) is 60.7 Å². The molecular weight excluding hydrogens is 1320 g/mol. The Balaban J connectivity index is 0.000000371. The lowest BCUT2D eigenvalue weighted by molar-refractivity contribution is -0.294. The predicted octanol–water partition coefficient (Wildman–Crippen LogP) is 15.2. The molecular formula is C83H144O20. The van der Waals surface area contributed by atoms with Crippen molar-refractivity contribution in [2.45, 2.75) is 363 Å². The van der Waals surface area contributed by atoms with Crippen LogP contribution in [-0.2, 0) is 85.6 Å². The van der Waals surface area contributed by atoms with Gasteiger partial charge in [0, 0.05) is 74.0 Å². The minimum absolute atomic E-state index is 0.0189. The van der Waals surface area contributed by atoms with Crippen molar-refractivity contribution in [3.63, 3.8) is 0 Å². The average molecular weight is 1460 g/mol. The Morgan fingerprint density at radius 1 is 0.476 bits per heavy atom. The molecule has 0 bridgehead atoms. The van der Waals surface area contributed by atoms with Gasteiger partial charge >= 0.3 is 23.9 Å². The van der Waals surface area contributed by atoms with Crippen LogP contribution in [0.1, 0.15) is 266 Å². The zero-order chi connectivity index (χ0) is 78.5. The first-order valence-electron chi connectivity index (χ1n) is 39.4. The Labute approximate surface area is 621 Å². The van der Waals surface area contributed by atoms with Crippen molar-refractivity contribution >= 4 is 35.4 Å². The van der Waals surface area contributed by atoms with Gasteiger partial charge in [-0.1, -0.05) is 152 Å². The molecule has 30 atom stereocenters. The van der Waals surface area contributed by atoms with E-state index in [0.717, 1.165) is 12.8 Å². The van der Waals surface area contributed by atoms with E-state index >= 15 is 0 Å². The molecule has 6 aliphatic rings. The highest BCUT2D eigenvalue weighted by atomic mass is 16.7. The van der Waals surface area contributed by atoms with Crippen molar-refractivity contribution in [3.8, 4) is 0 Å². The van der Waals surface area contributed by atoms with Crippen LogP contribution in [0.15, 0.2) is 11.6 Å². The van der Waals surface area contributed by atoms with Crippen LogP contribution in [-0.4, -0.2) is 156 Å². The van der Waals surface area contributed by atoms with Crippen LogP contribution in [0.4, 0.5) is 0 Å². The average Bonchev–Trinajstić information content (AvgIpc) is 0.784. The number of ether oxygens (including phenoxy) is 12. The molecule has 0 amide bonds. The molecule has 6 heterocycles. The number of allylic oxidation sites excluding steroid dienone is 1. The second-order valence-electron chi connectivity index (χ2n) is 36.5. The molecule has 0 aromatic carbocycles. The molecule has 0 aliphatic carbocycles. The topological polar surface area (TPSA) is 254 Å². The van der Waals surface area contributed by atoms with E-state index < -0.39 is 162 Å². The summed E-state index contributed by atoms with van der Waals surface area (Å²) in [6.45, 7) is 60.6. The highest BCUT2D eigenvalue weighted by Gasteiger charge is 2.55. The first kappa shape index (κ1) is 90.2. The Morgan fingerprint density at radius 3 is 1.23 bits per heavy atom. The molecule has 4 unspecified atom stereocenters. The van der Waals surface area contributed by atoms with Gasteiger partial charge in [0.25, 0.3) is 0 Å². The molecule has 0 aromatic rings. The number of ketones is 2. The maximum Gasteiger partial charge on any atom is 0.311 e. The number of aliphatic hydroxyl groups is 2. The highest BCUT2D eigenvalue weighted by molar-refractivity contribution is 5.96. The number of cyclic esters (lactones) is 2. The Kier molecular flexibility index (Phi) is 31.9. The van der Waals surface area contributed by atoms with Crippen molar-refractivity contribution in [1.29, 1.82) is 0 Å². The fourth-order valence-corrected chi connectivity index (χ4v) is 18.0. The third kappa shape index (κ3) is 22.2. The molecule has 0 spiro atoms.